The number of hydrogen-bond donors (Lipinski definition) is 1. The number of H-pyrrole nitrogens is 1. The summed E-state index contributed by atoms with van der Waals surface area (Å²) in [5.41, 5.74) is 5.60. The maximum atomic E-state index is 4.34. The summed E-state index contributed by atoms with van der Waals surface area (Å²) in [5.74, 6) is 0. The number of aromatic nitrogens is 3. The van der Waals surface area contributed by atoms with Crippen LogP contribution >= 0.6 is 0 Å². The standard InChI is InChI=1S/C17H13N3/c1-11-17-14(6-8-19-11)15-9-12(4-5-16(15)20-17)13-3-2-7-18-10-13/h2-10,20H,1H3. The fourth-order valence-corrected chi connectivity index (χ4v) is 2.67. The highest BCUT2D eigenvalue weighted by Crippen LogP contribution is 2.30. The Morgan fingerprint density at radius 3 is 2.75 bits per heavy atom. The van der Waals surface area contributed by atoms with Gasteiger partial charge in [0.25, 0.3) is 0 Å². The van der Waals surface area contributed by atoms with Gasteiger partial charge in [-0.15, -0.1) is 0 Å². The topological polar surface area (TPSA) is 41.6 Å². The van der Waals surface area contributed by atoms with Crippen LogP contribution < -0.4 is 0 Å². The normalized spacial score (nSPS) is 11.2. The fourth-order valence-electron chi connectivity index (χ4n) is 2.67. The first-order valence-electron chi connectivity index (χ1n) is 6.60. The number of nitrogens with zero attached hydrogens (tertiary/aromatic N) is 2. The molecule has 0 saturated carbocycles. The molecular weight excluding hydrogens is 246 g/mol. The van der Waals surface area contributed by atoms with E-state index >= 15 is 0 Å². The van der Waals surface area contributed by atoms with E-state index in [0.29, 0.717) is 0 Å². The molecule has 96 valence electrons. The summed E-state index contributed by atoms with van der Waals surface area (Å²) >= 11 is 0. The zero-order valence-corrected chi connectivity index (χ0v) is 11.1. The molecule has 0 fully saturated rings. The summed E-state index contributed by atoms with van der Waals surface area (Å²) in [4.78, 5) is 12.0. The number of pyridine rings is 2. The molecular formula is C17H13N3. The Labute approximate surface area is 116 Å². The Bertz CT molecular complexity index is 907. The summed E-state index contributed by atoms with van der Waals surface area (Å²) in [6, 6.07) is 12.6. The van der Waals surface area contributed by atoms with Gasteiger partial charge in [0.1, 0.15) is 0 Å². The van der Waals surface area contributed by atoms with Gasteiger partial charge in [-0.3, -0.25) is 9.97 Å². The number of hydrogen-bond acceptors (Lipinski definition) is 2. The molecule has 0 amide bonds. The average Bonchev–Trinajstić information content (AvgIpc) is 2.88. The Kier molecular flexibility index (Phi) is 2.33. The lowest BCUT2D eigenvalue weighted by molar-refractivity contribution is 1.22. The highest BCUT2D eigenvalue weighted by molar-refractivity contribution is 6.08. The van der Waals surface area contributed by atoms with E-state index in [-0.39, 0.29) is 0 Å². The van der Waals surface area contributed by atoms with Gasteiger partial charge < -0.3 is 4.98 Å². The highest BCUT2D eigenvalue weighted by atomic mass is 14.8. The van der Waals surface area contributed by atoms with E-state index in [1.54, 1.807) is 6.20 Å². The zero-order valence-electron chi connectivity index (χ0n) is 11.1. The predicted octanol–water partition coefficient (Wildman–Crippen LogP) is 4.09. The molecule has 1 N–H and O–H groups in total. The monoisotopic (exact) mass is 259 g/mol. The molecule has 0 unspecified atom stereocenters. The van der Waals surface area contributed by atoms with Gasteiger partial charge in [-0.1, -0.05) is 12.1 Å². The molecule has 4 aromatic rings. The van der Waals surface area contributed by atoms with Crippen LogP contribution in [-0.4, -0.2) is 15.0 Å². The van der Waals surface area contributed by atoms with Gasteiger partial charge in [0.05, 0.1) is 11.2 Å². The van der Waals surface area contributed by atoms with E-state index in [1.165, 1.54) is 16.3 Å². The van der Waals surface area contributed by atoms with E-state index in [1.807, 2.05) is 25.4 Å². The third-order valence-corrected chi connectivity index (χ3v) is 3.70. The van der Waals surface area contributed by atoms with Gasteiger partial charge in [0.2, 0.25) is 0 Å². The molecule has 0 saturated heterocycles. The maximum Gasteiger partial charge on any atom is 0.0681 e. The number of aryl methyl sites for hydroxylation is 1. The molecule has 0 radical (unpaired) electrons. The van der Waals surface area contributed by atoms with Crippen molar-refractivity contribution < 1.29 is 0 Å². The van der Waals surface area contributed by atoms with Crippen LogP contribution in [0.1, 0.15) is 5.69 Å². The summed E-state index contributed by atoms with van der Waals surface area (Å²) in [7, 11) is 0. The van der Waals surface area contributed by atoms with Crippen LogP contribution in [0.3, 0.4) is 0 Å². The highest BCUT2D eigenvalue weighted by Gasteiger charge is 2.08. The molecule has 0 aliphatic heterocycles. The van der Waals surface area contributed by atoms with Gasteiger partial charge in [0.15, 0.2) is 0 Å². The molecule has 3 nitrogen and oxygen atoms in total. The van der Waals surface area contributed by atoms with Crippen molar-refractivity contribution in [1.29, 1.82) is 0 Å². The molecule has 3 aromatic heterocycles. The molecule has 3 heterocycles. The van der Waals surface area contributed by atoms with Crippen molar-refractivity contribution in [2.75, 3.05) is 0 Å². The van der Waals surface area contributed by atoms with E-state index in [4.69, 9.17) is 0 Å². The SMILES string of the molecule is Cc1nccc2c1[nH]c1ccc(-c3cccnc3)cc12. The van der Waals surface area contributed by atoms with Crippen molar-refractivity contribution in [2.24, 2.45) is 0 Å². The Hall–Kier alpha value is -2.68. The average molecular weight is 259 g/mol. The third-order valence-electron chi connectivity index (χ3n) is 3.70. The number of aromatic amines is 1. The molecule has 0 spiro atoms. The van der Waals surface area contributed by atoms with Crippen molar-refractivity contribution in [1.82, 2.24) is 15.0 Å². The zero-order chi connectivity index (χ0) is 13.5. The summed E-state index contributed by atoms with van der Waals surface area (Å²) in [5, 5.41) is 2.45. The molecule has 0 aliphatic carbocycles. The van der Waals surface area contributed by atoms with Gasteiger partial charge in [0, 0.05) is 40.4 Å². The van der Waals surface area contributed by atoms with Gasteiger partial charge in [-0.2, -0.15) is 0 Å². The van der Waals surface area contributed by atoms with Crippen LogP contribution in [0, 0.1) is 6.92 Å². The van der Waals surface area contributed by atoms with Crippen LogP contribution in [0.5, 0.6) is 0 Å². The molecule has 0 atom stereocenters. The van der Waals surface area contributed by atoms with Crippen molar-refractivity contribution in [3.05, 3.63) is 60.7 Å². The molecule has 4 rings (SSSR count). The third kappa shape index (κ3) is 1.60. The molecule has 1 aromatic carbocycles. The molecule has 20 heavy (non-hydrogen) atoms. The van der Waals surface area contributed by atoms with E-state index < -0.39 is 0 Å². The Morgan fingerprint density at radius 2 is 1.90 bits per heavy atom. The first kappa shape index (κ1) is 11.2. The molecule has 3 heteroatoms. The number of fused-ring (bicyclic) bond motifs is 3. The van der Waals surface area contributed by atoms with E-state index in [0.717, 1.165) is 22.3 Å². The van der Waals surface area contributed by atoms with Gasteiger partial charge in [-0.05, 0) is 36.8 Å². The second kappa shape index (κ2) is 4.17. The lowest BCUT2D eigenvalue weighted by atomic mass is 10.0. The van der Waals surface area contributed by atoms with Gasteiger partial charge in [-0.25, -0.2) is 0 Å². The van der Waals surface area contributed by atoms with E-state index in [9.17, 15) is 0 Å². The van der Waals surface area contributed by atoms with Crippen LogP contribution in [-0.2, 0) is 0 Å². The maximum absolute atomic E-state index is 4.34. The molecule has 0 bridgehead atoms. The van der Waals surface area contributed by atoms with Crippen LogP contribution in [0.25, 0.3) is 32.9 Å². The van der Waals surface area contributed by atoms with E-state index in [2.05, 4.69) is 45.3 Å². The number of rotatable bonds is 1. The van der Waals surface area contributed by atoms with Crippen LogP contribution in [0.15, 0.2) is 55.0 Å². The second-order valence-electron chi connectivity index (χ2n) is 4.95. The lowest BCUT2D eigenvalue weighted by Gasteiger charge is -2.01. The van der Waals surface area contributed by atoms with Crippen LogP contribution in [0.4, 0.5) is 0 Å². The summed E-state index contributed by atoms with van der Waals surface area (Å²) < 4.78 is 0. The van der Waals surface area contributed by atoms with Crippen LogP contribution in [0.2, 0.25) is 0 Å². The smallest absolute Gasteiger partial charge is 0.0681 e. The second-order valence-corrected chi connectivity index (χ2v) is 4.95. The van der Waals surface area contributed by atoms with Crippen molar-refractivity contribution in [3.63, 3.8) is 0 Å². The number of nitrogens with one attached hydrogen (secondary N) is 1. The Balaban J connectivity index is 2.04. The minimum atomic E-state index is 1.03. The quantitative estimate of drug-likeness (QED) is 0.559. The van der Waals surface area contributed by atoms with Crippen molar-refractivity contribution >= 4 is 21.8 Å². The Morgan fingerprint density at radius 1 is 0.950 bits per heavy atom. The summed E-state index contributed by atoms with van der Waals surface area (Å²) in [6.07, 6.45) is 5.55. The first-order valence-corrected chi connectivity index (χ1v) is 6.60. The molecule has 0 aliphatic rings. The fraction of sp³-hybridized carbons (Fsp3) is 0.0588. The van der Waals surface area contributed by atoms with Crippen molar-refractivity contribution in [3.8, 4) is 11.1 Å². The van der Waals surface area contributed by atoms with Gasteiger partial charge >= 0.3 is 0 Å². The summed E-state index contributed by atoms with van der Waals surface area (Å²) in [6.45, 7) is 2.03. The minimum absolute atomic E-state index is 1.03. The minimum Gasteiger partial charge on any atom is -0.353 e. The first-order chi connectivity index (χ1) is 9.83. The largest absolute Gasteiger partial charge is 0.353 e. The van der Waals surface area contributed by atoms with Crippen molar-refractivity contribution in [2.45, 2.75) is 6.92 Å². The number of benzene rings is 1. The predicted molar refractivity (Wildman–Crippen MR) is 81.6 cm³/mol. The lowest BCUT2D eigenvalue weighted by Crippen LogP contribution is -1.80.